The number of anilines is 2. The molecule has 1 aromatic heterocycles. The van der Waals surface area contributed by atoms with Gasteiger partial charge in [0.1, 0.15) is 11.6 Å². The molecule has 0 bridgehead atoms. The summed E-state index contributed by atoms with van der Waals surface area (Å²) in [5.74, 6) is 1.12. The lowest BCUT2D eigenvalue weighted by Gasteiger charge is -2.09. The molecule has 0 aliphatic heterocycles. The minimum atomic E-state index is -0.172. The zero-order chi connectivity index (χ0) is 14.9. The first-order valence-electron chi connectivity index (χ1n) is 6.64. The predicted molar refractivity (Wildman–Crippen MR) is 82.1 cm³/mol. The van der Waals surface area contributed by atoms with Crippen molar-refractivity contribution in [3.8, 4) is 5.75 Å². The Morgan fingerprint density at radius 2 is 1.95 bits per heavy atom. The quantitative estimate of drug-likeness (QED) is 0.667. The van der Waals surface area contributed by atoms with Gasteiger partial charge in [0.25, 0.3) is 5.91 Å². The Hall–Kier alpha value is -2.76. The maximum Gasteiger partial charge on any atom is 0.258 e. The number of hydrogen-bond donors (Lipinski definition) is 3. The maximum absolute atomic E-state index is 11.6. The molecule has 1 heterocycles. The van der Waals surface area contributed by atoms with E-state index in [0.717, 1.165) is 0 Å². The smallest absolute Gasteiger partial charge is 0.258 e. The number of hydrogen-bond acceptors (Lipinski definition) is 5. The molecule has 0 unspecified atom stereocenters. The van der Waals surface area contributed by atoms with Crippen LogP contribution in [0.5, 0.6) is 5.75 Å². The number of nitrogen functional groups attached to an aromatic ring is 1. The van der Waals surface area contributed by atoms with Gasteiger partial charge in [0.15, 0.2) is 6.61 Å². The van der Waals surface area contributed by atoms with Crippen molar-refractivity contribution >= 4 is 17.4 Å². The average Bonchev–Trinajstić information content (AvgIpc) is 2.52. The molecule has 0 aliphatic carbocycles. The van der Waals surface area contributed by atoms with Gasteiger partial charge in [0, 0.05) is 19.3 Å². The SMILES string of the molecule is Nc1cccnc1NCCNC(=O)COc1ccccc1. The van der Waals surface area contributed by atoms with Crippen LogP contribution in [0.2, 0.25) is 0 Å². The Labute approximate surface area is 123 Å². The predicted octanol–water partition coefficient (Wildman–Crippen LogP) is 1.27. The first kappa shape index (κ1) is 14.6. The van der Waals surface area contributed by atoms with Crippen LogP contribution in [0.4, 0.5) is 11.5 Å². The molecule has 6 heteroatoms. The van der Waals surface area contributed by atoms with Crippen LogP contribution < -0.4 is 21.1 Å². The van der Waals surface area contributed by atoms with E-state index < -0.39 is 0 Å². The minimum Gasteiger partial charge on any atom is -0.484 e. The summed E-state index contributed by atoms with van der Waals surface area (Å²) in [6.45, 7) is 1.00. The second-order valence-corrected chi connectivity index (χ2v) is 4.32. The van der Waals surface area contributed by atoms with Crippen molar-refractivity contribution in [3.63, 3.8) is 0 Å². The number of carbonyl (C=O) groups excluding carboxylic acids is 1. The Morgan fingerprint density at radius 1 is 1.14 bits per heavy atom. The van der Waals surface area contributed by atoms with Crippen LogP contribution in [0.3, 0.4) is 0 Å². The Morgan fingerprint density at radius 3 is 2.71 bits per heavy atom. The largest absolute Gasteiger partial charge is 0.484 e. The lowest BCUT2D eigenvalue weighted by atomic mass is 10.3. The van der Waals surface area contributed by atoms with Crippen LogP contribution in [-0.2, 0) is 4.79 Å². The number of amides is 1. The van der Waals surface area contributed by atoms with Crippen molar-refractivity contribution in [3.05, 3.63) is 48.7 Å². The first-order chi connectivity index (χ1) is 10.3. The molecule has 0 radical (unpaired) electrons. The Balaban J connectivity index is 1.62. The van der Waals surface area contributed by atoms with Crippen LogP contribution in [0.15, 0.2) is 48.7 Å². The van der Waals surface area contributed by atoms with Crippen LogP contribution in [0.1, 0.15) is 0 Å². The minimum absolute atomic E-state index is 0.00423. The van der Waals surface area contributed by atoms with E-state index >= 15 is 0 Å². The van der Waals surface area contributed by atoms with Gasteiger partial charge < -0.3 is 21.1 Å². The van der Waals surface area contributed by atoms with Crippen molar-refractivity contribution in [1.82, 2.24) is 10.3 Å². The molecule has 6 nitrogen and oxygen atoms in total. The van der Waals surface area contributed by atoms with Crippen LogP contribution in [0.25, 0.3) is 0 Å². The second kappa shape index (κ2) is 7.74. The van der Waals surface area contributed by atoms with Gasteiger partial charge in [0.2, 0.25) is 0 Å². The topological polar surface area (TPSA) is 89.3 Å². The summed E-state index contributed by atoms with van der Waals surface area (Å²) in [6.07, 6.45) is 1.66. The highest BCUT2D eigenvalue weighted by atomic mass is 16.5. The molecular weight excluding hydrogens is 268 g/mol. The molecule has 0 fully saturated rings. The van der Waals surface area contributed by atoms with E-state index in [4.69, 9.17) is 10.5 Å². The lowest BCUT2D eigenvalue weighted by Crippen LogP contribution is -2.32. The molecule has 4 N–H and O–H groups in total. The Bertz CT molecular complexity index is 575. The van der Waals surface area contributed by atoms with E-state index in [-0.39, 0.29) is 12.5 Å². The fraction of sp³-hybridized carbons (Fsp3) is 0.200. The number of nitrogens with zero attached hydrogens (tertiary/aromatic N) is 1. The van der Waals surface area contributed by atoms with Gasteiger partial charge in [-0.05, 0) is 24.3 Å². The molecule has 110 valence electrons. The molecule has 2 rings (SSSR count). The molecule has 0 aliphatic rings. The van der Waals surface area contributed by atoms with Crippen molar-refractivity contribution in [2.75, 3.05) is 30.7 Å². The van der Waals surface area contributed by atoms with Crippen LogP contribution in [-0.4, -0.2) is 30.6 Å². The third kappa shape index (κ3) is 5.02. The summed E-state index contributed by atoms with van der Waals surface area (Å²) in [5.41, 5.74) is 6.32. The normalized spacial score (nSPS) is 9.90. The van der Waals surface area contributed by atoms with E-state index in [9.17, 15) is 4.79 Å². The molecule has 0 saturated heterocycles. The fourth-order valence-corrected chi connectivity index (χ4v) is 1.66. The first-order valence-corrected chi connectivity index (χ1v) is 6.64. The van der Waals surface area contributed by atoms with Gasteiger partial charge in [-0.25, -0.2) is 4.98 Å². The number of carbonyl (C=O) groups is 1. The molecular formula is C15H18N4O2. The Kier molecular flexibility index (Phi) is 5.40. The van der Waals surface area contributed by atoms with Gasteiger partial charge in [0.05, 0.1) is 5.69 Å². The highest BCUT2D eigenvalue weighted by molar-refractivity contribution is 5.77. The standard InChI is InChI=1S/C15H18N4O2/c16-13-7-4-8-18-15(13)19-10-9-17-14(20)11-21-12-5-2-1-3-6-12/h1-8H,9-11,16H2,(H,17,20)(H,18,19). The van der Waals surface area contributed by atoms with Crippen LogP contribution >= 0.6 is 0 Å². The van der Waals surface area contributed by atoms with E-state index in [2.05, 4.69) is 15.6 Å². The van der Waals surface area contributed by atoms with Gasteiger partial charge in [-0.3, -0.25) is 4.79 Å². The van der Waals surface area contributed by atoms with Gasteiger partial charge in [-0.15, -0.1) is 0 Å². The number of para-hydroxylation sites is 1. The van der Waals surface area contributed by atoms with E-state index in [1.807, 2.05) is 18.2 Å². The monoisotopic (exact) mass is 286 g/mol. The van der Waals surface area contributed by atoms with Crippen molar-refractivity contribution in [2.45, 2.75) is 0 Å². The molecule has 1 amide bonds. The average molecular weight is 286 g/mol. The number of aromatic nitrogens is 1. The number of pyridine rings is 1. The van der Waals surface area contributed by atoms with Gasteiger partial charge >= 0.3 is 0 Å². The fourth-order valence-electron chi connectivity index (χ4n) is 1.66. The lowest BCUT2D eigenvalue weighted by molar-refractivity contribution is -0.123. The molecule has 1 aromatic carbocycles. The molecule has 2 aromatic rings. The highest BCUT2D eigenvalue weighted by Crippen LogP contribution is 2.11. The zero-order valence-corrected chi connectivity index (χ0v) is 11.6. The summed E-state index contributed by atoms with van der Waals surface area (Å²) in [7, 11) is 0. The summed E-state index contributed by atoms with van der Waals surface area (Å²) in [6, 6.07) is 12.7. The summed E-state index contributed by atoms with van der Waals surface area (Å²) in [4.78, 5) is 15.7. The summed E-state index contributed by atoms with van der Waals surface area (Å²) in [5, 5.41) is 5.80. The molecule has 21 heavy (non-hydrogen) atoms. The van der Waals surface area contributed by atoms with Crippen molar-refractivity contribution in [2.24, 2.45) is 0 Å². The van der Waals surface area contributed by atoms with E-state index in [1.165, 1.54) is 0 Å². The second-order valence-electron chi connectivity index (χ2n) is 4.32. The van der Waals surface area contributed by atoms with Gasteiger partial charge in [-0.2, -0.15) is 0 Å². The summed E-state index contributed by atoms with van der Waals surface area (Å²) >= 11 is 0. The van der Waals surface area contributed by atoms with Crippen molar-refractivity contribution in [1.29, 1.82) is 0 Å². The number of nitrogens with two attached hydrogens (primary N) is 1. The number of nitrogens with one attached hydrogen (secondary N) is 2. The third-order valence-corrected chi connectivity index (χ3v) is 2.69. The maximum atomic E-state index is 11.6. The van der Waals surface area contributed by atoms with Gasteiger partial charge in [-0.1, -0.05) is 18.2 Å². The van der Waals surface area contributed by atoms with Crippen LogP contribution in [0, 0.1) is 0 Å². The van der Waals surface area contributed by atoms with Crippen molar-refractivity contribution < 1.29 is 9.53 Å². The molecule has 0 saturated carbocycles. The third-order valence-electron chi connectivity index (χ3n) is 2.69. The highest BCUT2D eigenvalue weighted by Gasteiger charge is 2.02. The molecule has 0 spiro atoms. The van der Waals surface area contributed by atoms with E-state index in [0.29, 0.717) is 30.3 Å². The summed E-state index contributed by atoms with van der Waals surface area (Å²) < 4.78 is 5.34. The molecule has 0 atom stereocenters. The number of benzene rings is 1. The zero-order valence-electron chi connectivity index (χ0n) is 11.6. The number of ether oxygens (including phenoxy) is 1. The number of rotatable bonds is 7. The van der Waals surface area contributed by atoms with E-state index in [1.54, 1.807) is 30.5 Å².